The molecule has 0 saturated carbocycles. The molecular weight excluding hydrogens is 551 g/mol. The van der Waals surface area contributed by atoms with Crippen molar-refractivity contribution in [2.24, 2.45) is 0 Å². The number of rotatable bonds is 22. The van der Waals surface area contributed by atoms with Crippen molar-refractivity contribution in [2.75, 3.05) is 13.2 Å². The van der Waals surface area contributed by atoms with Gasteiger partial charge >= 0.3 is 5.97 Å². The number of esters is 1. The molecule has 0 amide bonds. The van der Waals surface area contributed by atoms with Crippen LogP contribution in [0.3, 0.4) is 0 Å². The Balaban J connectivity index is 1.34. The van der Waals surface area contributed by atoms with E-state index >= 15 is 0 Å². The average molecular weight is 601 g/mol. The summed E-state index contributed by atoms with van der Waals surface area (Å²) in [5.41, 5.74) is 2.48. The number of carbonyl (C=O) groups excluding carboxylic acids is 1. The maximum Gasteiger partial charge on any atom is 0.343 e. The topological polar surface area (TPSA) is 44.8 Å². The third kappa shape index (κ3) is 13.7. The fourth-order valence-corrected chi connectivity index (χ4v) is 4.95. The van der Waals surface area contributed by atoms with Crippen LogP contribution in [0.5, 0.6) is 17.2 Å². The van der Waals surface area contributed by atoms with E-state index in [1.165, 1.54) is 38.5 Å². The average Bonchev–Trinajstić information content (AvgIpc) is 3.05. The molecule has 1 atom stereocenters. The number of halogens is 1. The molecule has 0 radical (unpaired) electrons. The van der Waals surface area contributed by atoms with E-state index in [0.29, 0.717) is 23.5 Å². The molecule has 0 heterocycles. The standard InChI is InChI=1S/C39H49FO4/c1-3-5-7-9-10-11-12-13-14-16-30-42-36-24-18-32(19-25-36)33-20-28-38(29-21-33)44-39(41)34-22-26-37(27-23-34)43-31-35(40)17-15-8-6-4-2/h1,18-29,35H,4-17,30-31H2,2H3. The molecule has 0 fully saturated rings. The van der Waals surface area contributed by atoms with Gasteiger partial charge in [-0.2, -0.15) is 0 Å². The number of hydrogen-bond donors (Lipinski definition) is 0. The molecule has 5 heteroatoms. The largest absolute Gasteiger partial charge is 0.494 e. The van der Waals surface area contributed by atoms with Gasteiger partial charge in [0.15, 0.2) is 0 Å². The van der Waals surface area contributed by atoms with Gasteiger partial charge in [-0.25, -0.2) is 9.18 Å². The van der Waals surface area contributed by atoms with Crippen LogP contribution in [0.2, 0.25) is 0 Å². The fraction of sp³-hybridized carbons (Fsp3) is 0.462. The Morgan fingerprint density at radius 3 is 1.82 bits per heavy atom. The lowest BCUT2D eigenvalue weighted by molar-refractivity contribution is 0.0734. The van der Waals surface area contributed by atoms with Gasteiger partial charge in [0.05, 0.1) is 12.2 Å². The summed E-state index contributed by atoms with van der Waals surface area (Å²) in [6.07, 6.45) is 19.7. The van der Waals surface area contributed by atoms with Gasteiger partial charge < -0.3 is 14.2 Å². The summed E-state index contributed by atoms with van der Waals surface area (Å²) in [6, 6.07) is 22.1. The summed E-state index contributed by atoms with van der Waals surface area (Å²) in [5, 5.41) is 0. The molecule has 236 valence electrons. The molecule has 4 nitrogen and oxygen atoms in total. The van der Waals surface area contributed by atoms with E-state index in [2.05, 4.69) is 12.8 Å². The minimum absolute atomic E-state index is 0.0216. The molecule has 0 N–H and O–H groups in total. The number of benzene rings is 3. The first-order chi connectivity index (χ1) is 21.6. The minimum Gasteiger partial charge on any atom is -0.494 e. The van der Waals surface area contributed by atoms with Crippen molar-refractivity contribution in [1.82, 2.24) is 0 Å². The second-order valence-corrected chi connectivity index (χ2v) is 11.4. The van der Waals surface area contributed by atoms with Crippen LogP contribution in [0, 0.1) is 12.3 Å². The molecule has 0 aliphatic carbocycles. The summed E-state index contributed by atoms with van der Waals surface area (Å²) in [4.78, 5) is 12.6. The van der Waals surface area contributed by atoms with Crippen LogP contribution in [0.15, 0.2) is 72.8 Å². The molecule has 3 rings (SSSR count). The van der Waals surface area contributed by atoms with Crippen LogP contribution in [-0.2, 0) is 0 Å². The van der Waals surface area contributed by atoms with E-state index in [-0.39, 0.29) is 6.61 Å². The van der Waals surface area contributed by atoms with Gasteiger partial charge in [-0.1, -0.05) is 95.4 Å². The van der Waals surface area contributed by atoms with Gasteiger partial charge in [0.1, 0.15) is 30.0 Å². The van der Waals surface area contributed by atoms with E-state index < -0.39 is 12.1 Å². The third-order valence-corrected chi connectivity index (χ3v) is 7.63. The van der Waals surface area contributed by atoms with Crippen LogP contribution < -0.4 is 14.2 Å². The molecular formula is C39H49FO4. The second kappa shape index (κ2) is 21.0. The number of hydrogen-bond acceptors (Lipinski definition) is 4. The molecule has 0 aliphatic heterocycles. The molecule has 3 aromatic carbocycles. The summed E-state index contributed by atoms with van der Waals surface area (Å²) >= 11 is 0. The van der Waals surface area contributed by atoms with Crippen molar-refractivity contribution in [3.8, 4) is 40.7 Å². The maximum absolute atomic E-state index is 14.0. The zero-order valence-electron chi connectivity index (χ0n) is 26.4. The van der Waals surface area contributed by atoms with Crippen molar-refractivity contribution in [3.63, 3.8) is 0 Å². The molecule has 0 saturated heterocycles. The highest BCUT2D eigenvalue weighted by molar-refractivity contribution is 5.91. The summed E-state index contributed by atoms with van der Waals surface area (Å²) in [7, 11) is 0. The SMILES string of the molecule is C#CCCCCCCCCCCOc1ccc(-c2ccc(OC(=O)c3ccc(OCC(F)CCCCCC)cc3)cc2)cc1. The van der Waals surface area contributed by atoms with Crippen LogP contribution in [0.1, 0.15) is 107 Å². The van der Waals surface area contributed by atoms with Crippen molar-refractivity contribution in [2.45, 2.75) is 103 Å². The summed E-state index contributed by atoms with van der Waals surface area (Å²) in [5.74, 6) is 4.12. The van der Waals surface area contributed by atoms with Gasteiger partial charge in [-0.15, -0.1) is 12.3 Å². The predicted molar refractivity (Wildman–Crippen MR) is 178 cm³/mol. The van der Waals surface area contributed by atoms with E-state index in [9.17, 15) is 9.18 Å². The molecule has 3 aromatic rings. The van der Waals surface area contributed by atoms with Crippen molar-refractivity contribution >= 4 is 5.97 Å². The quantitative estimate of drug-likeness (QED) is 0.0498. The Morgan fingerprint density at radius 1 is 0.682 bits per heavy atom. The number of carbonyl (C=O) groups is 1. The zero-order chi connectivity index (χ0) is 31.2. The highest BCUT2D eigenvalue weighted by atomic mass is 19.1. The lowest BCUT2D eigenvalue weighted by Gasteiger charge is -2.11. The molecule has 1 unspecified atom stereocenters. The van der Waals surface area contributed by atoms with Crippen molar-refractivity contribution < 1.29 is 23.4 Å². The normalized spacial score (nSPS) is 11.5. The molecule has 0 spiro atoms. The Hall–Kier alpha value is -3.78. The van der Waals surface area contributed by atoms with Crippen LogP contribution in [-0.4, -0.2) is 25.4 Å². The number of ether oxygens (including phenoxy) is 3. The Kier molecular flexibility index (Phi) is 16.6. The highest BCUT2D eigenvalue weighted by Gasteiger charge is 2.11. The molecule has 0 aliphatic rings. The number of alkyl halides is 1. The first kappa shape index (κ1) is 34.7. The Labute approximate surface area is 264 Å². The Morgan fingerprint density at radius 2 is 1.20 bits per heavy atom. The van der Waals surface area contributed by atoms with Gasteiger partial charge in [0, 0.05) is 6.42 Å². The monoisotopic (exact) mass is 600 g/mol. The number of terminal acetylenes is 1. The molecule has 0 bridgehead atoms. The van der Waals surface area contributed by atoms with Crippen LogP contribution in [0.4, 0.5) is 4.39 Å². The van der Waals surface area contributed by atoms with E-state index in [0.717, 1.165) is 68.4 Å². The highest BCUT2D eigenvalue weighted by Crippen LogP contribution is 2.25. The summed E-state index contributed by atoms with van der Waals surface area (Å²) in [6.45, 7) is 2.89. The third-order valence-electron chi connectivity index (χ3n) is 7.63. The maximum atomic E-state index is 14.0. The van der Waals surface area contributed by atoms with Crippen LogP contribution in [0.25, 0.3) is 11.1 Å². The van der Waals surface area contributed by atoms with Gasteiger partial charge in [0.25, 0.3) is 0 Å². The van der Waals surface area contributed by atoms with Gasteiger partial charge in [-0.05, 0) is 78.9 Å². The van der Waals surface area contributed by atoms with Crippen molar-refractivity contribution in [1.29, 1.82) is 0 Å². The van der Waals surface area contributed by atoms with E-state index in [4.69, 9.17) is 20.6 Å². The fourth-order valence-electron chi connectivity index (χ4n) is 4.95. The smallest absolute Gasteiger partial charge is 0.343 e. The lowest BCUT2D eigenvalue weighted by atomic mass is 10.1. The van der Waals surface area contributed by atoms with E-state index in [1.807, 2.05) is 36.4 Å². The minimum atomic E-state index is -0.985. The molecule has 44 heavy (non-hydrogen) atoms. The first-order valence-electron chi connectivity index (χ1n) is 16.4. The zero-order valence-corrected chi connectivity index (χ0v) is 26.4. The molecule has 0 aromatic heterocycles. The predicted octanol–water partition coefficient (Wildman–Crippen LogP) is 10.8. The van der Waals surface area contributed by atoms with Gasteiger partial charge in [0.2, 0.25) is 0 Å². The number of unbranched alkanes of at least 4 members (excludes halogenated alkanes) is 11. The second-order valence-electron chi connectivity index (χ2n) is 11.4. The van der Waals surface area contributed by atoms with Crippen LogP contribution >= 0.6 is 0 Å². The first-order valence-corrected chi connectivity index (χ1v) is 16.4. The Bertz CT molecular complexity index is 1230. The summed E-state index contributed by atoms with van der Waals surface area (Å²) < 4.78 is 31.1. The van der Waals surface area contributed by atoms with E-state index in [1.54, 1.807) is 36.4 Å². The van der Waals surface area contributed by atoms with Gasteiger partial charge in [-0.3, -0.25) is 0 Å². The lowest BCUT2D eigenvalue weighted by Crippen LogP contribution is -2.13. The van der Waals surface area contributed by atoms with Crippen molar-refractivity contribution in [3.05, 3.63) is 78.4 Å².